The van der Waals surface area contributed by atoms with E-state index < -0.39 is 4.92 Å². The van der Waals surface area contributed by atoms with E-state index in [1.165, 1.54) is 6.07 Å². The van der Waals surface area contributed by atoms with Gasteiger partial charge >= 0.3 is 0 Å². The summed E-state index contributed by atoms with van der Waals surface area (Å²) in [7, 11) is 0. The Labute approximate surface area is 133 Å². The normalized spacial score (nSPS) is 17.0. The molecular formula is C16H17N3O4. The lowest BCUT2D eigenvalue weighted by Crippen LogP contribution is -2.16. The van der Waals surface area contributed by atoms with Gasteiger partial charge in [-0.15, -0.1) is 0 Å². The van der Waals surface area contributed by atoms with Crippen molar-refractivity contribution in [2.45, 2.75) is 19.1 Å². The smallest absolute Gasteiger partial charge is 0.292 e. The van der Waals surface area contributed by atoms with Gasteiger partial charge in [0.05, 0.1) is 18.1 Å². The highest BCUT2D eigenvalue weighted by Gasteiger charge is 2.18. The summed E-state index contributed by atoms with van der Waals surface area (Å²) in [5, 5.41) is 14.1. The number of pyridine rings is 1. The van der Waals surface area contributed by atoms with E-state index in [1.54, 1.807) is 24.4 Å². The lowest BCUT2D eigenvalue weighted by molar-refractivity contribution is -0.384. The highest BCUT2D eigenvalue weighted by Crippen LogP contribution is 2.24. The van der Waals surface area contributed by atoms with Gasteiger partial charge in [-0.3, -0.25) is 10.1 Å². The molecule has 1 fully saturated rings. The van der Waals surface area contributed by atoms with E-state index in [1.807, 2.05) is 12.1 Å². The van der Waals surface area contributed by atoms with E-state index in [-0.39, 0.29) is 11.8 Å². The molecule has 0 aliphatic carbocycles. The predicted molar refractivity (Wildman–Crippen MR) is 84.5 cm³/mol. The summed E-state index contributed by atoms with van der Waals surface area (Å²) in [5.74, 6) is 0.544. The maximum absolute atomic E-state index is 11.0. The number of hydrogen-bond acceptors (Lipinski definition) is 6. The Hall–Kier alpha value is -2.67. The number of nitrogens with one attached hydrogen (secondary N) is 1. The number of nitrogens with zero attached hydrogens (tertiary/aromatic N) is 2. The van der Waals surface area contributed by atoms with Gasteiger partial charge in [0.25, 0.3) is 5.69 Å². The number of para-hydroxylation sites is 2. The van der Waals surface area contributed by atoms with Crippen LogP contribution in [0.15, 0.2) is 42.6 Å². The quantitative estimate of drug-likeness (QED) is 0.651. The van der Waals surface area contributed by atoms with Crippen LogP contribution in [-0.2, 0) is 11.3 Å². The molecule has 0 saturated carbocycles. The molecule has 1 aromatic carbocycles. The van der Waals surface area contributed by atoms with Crippen LogP contribution in [0.5, 0.6) is 5.88 Å². The summed E-state index contributed by atoms with van der Waals surface area (Å²) in [6.45, 7) is 1.74. The van der Waals surface area contributed by atoms with Crippen LogP contribution >= 0.6 is 0 Å². The number of benzene rings is 1. The minimum absolute atomic E-state index is 0.0425. The van der Waals surface area contributed by atoms with E-state index in [4.69, 9.17) is 9.47 Å². The molecule has 1 saturated heterocycles. The first-order valence-electron chi connectivity index (χ1n) is 7.39. The Morgan fingerprint density at radius 1 is 1.39 bits per heavy atom. The third kappa shape index (κ3) is 3.95. The van der Waals surface area contributed by atoms with Gasteiger partial charge in [-0.1, -0.05) is 12.1 Å². The zero-order valence-electron chi connectivity index (χ0n) is 12.5. The fraction of sp³-hybridized carbons (Fsp3) is 0.312. The molecule has 0 bridgehead atoms. The number of rotatable bonds is 6. The third-order valence-electron chi connectivity index (χ3n) is 3.56. The number of ether oxygens (including phenoxy) is 2. The molecule has 7 nitrogen and oxygen atoms in total. The van der Waals surface area contributed by atoms with Crippen molar-refractivity contribution < 1.29 is 14.4 Å². The lowest BCUT2D eigenvalue weighted by atomic mass is 10.2. The van der Waals surface area contributed by atoms with E-state index in [9.17, 15) is 10.1 Å². The fourth-order valence-electron chi connectivity index (χ4n) is 2.38. The second-order valence-corrected chi connectivity index (χ2v) is 5.23. The van der Waals surface area contributed by atoms with Crippen molar-refractivity contribution in [2.75, 3.05) is 18.5 Å². The second kappa shape index (κ2) is 7.06. The number of hydrogen-bond donors (Lipinski definition) is 1. The second-order valence-electron chi connectivity index (χ2n) is 5.23. The molecule has 0 spiro atoms. The van der Waals surface area contributed by atoms with Gasteiger partial charge in [-0.25, -0.2) is 4.98 Å². The van der Waals surface area contributed by atoms with Gasteiger partial charge in [0.1, 0.15) is 11.8 Å². The molecule has 1 unspecified atom stereocenters. The third-order valence-corrected chi connectivity index (χ3v) is 3.56. The van der Waals surface area contributed by atoms with Gasteiger partial charge in [-0.2, -0.15) is 0 Å². The van der Waals surface area contributed by atoms with Crippen LogP contribution in [0.3, 0.4) is 0 Å². The van der Waals surface area contributed by atoms with E-state index >= 15 is 0 Å². The molecule has 1 atom stereocenters. The average Bonchev–Trinajstić information content (AvgIpc) is 3.06. The molecule has 120 valence electrons. The van der Waals surface area contributed by atoms with Gasteiger partial charge in [0.2, 0.25) is 5.88 Å². The lowest BCUT2D eigenvalue weighted by Gasteiger charge is -2.12. The summed E-state index contributed by atoms with van der Waals surface area (Å²) < 4.78 is 11.0. The number of anilines is 1. The topological polar surface area (TPSA) is 86.5 Å². The molecular weight excluding hydrogens is 298 g/mol. The fourth-order valence-corrected chi connectivity index (χ4v) is 2.38. The number of aromatic nitrogens is 1. The molecule has 1 aliphatic rings. The molecule has 7 heteroatoms. The van der Waals surface area contributed by atoms with Crippen LogP contribution in [0.1, 0.15) is 12.0 Å². The van der Waals surface area contributed by atoms with Gasteiger partial charge in [0, 0.05) is 31.3 Å². The molecule has 1 aliphatic heterocycles. The van der Waals surface area contributed by atoms with Crippen LogP contribution in [0.2, 0.25) is 0 Å². The van der Waals surface area contributed by atoms with Crippen LogP contribution in [0.4, 0.5) is 11.4 Å². The molecule has 0 radical (unpaired) electrons. The van der Waals surface area contributed by atoms with Crippen LogP contribution in [-0.4, -0.2) is 29.2 Å². The highest BCUT2D eigenvalue weighted by atomic mass is 16.6. The maximum atomic E-state index is 11.0. The first-order chi connectivity index (χ1) is 11.2. The Kier molecular flexibility index (Phi) is 4.68. The first-order valence-corrected chi connectivity index (χ1v) is 7.39. The predicted octanol–water partition coefficient (Wildman–Crippen LogP) is 2.77. The zero-order valence-corrected chi connectivity index (χ0v) is 12.5. The summed E-state index contributed by atoms with van der Waals surface area (Å²) in [6, 6.07) is 10.2. The zero-order chi connectivity index (χ0) is 16.1. The largest absolute Gasteiger partial charge is 0.472 e. The van der Waals surface area contributed by atoms with E-state index in [0.29, 0.717) is 31.3 Å². The molecule has 1 aromatic heterocycles. The average molecular weight is 315 g/mol. The standard InChI is InChI=1S/C16H17N3O4/c20-19(21)15-4-2-1-3-14(15)18-10-12-5-7-17-16(9-12)23-13-6-8-22-11-13/h1-5,7,9,13,18H,6,8,10-11H2. The SMILES string of the molecule is O=[N+]([O-])c1ccccc1NCc1ccnc(OC2CCOC2)c1. The first kappa shape index (κ1) is 15.2. The highest BCUT2D eigenvalue weighted by molar-refractivity contribution is 5.61. The van der Waals surface area contributed by atoms with Crippen molar-refractivity contribution in [3.63, 3.8) is 0 Å². The molecule has 1 N–H and O–H groups in total. The monoisotopic (exact) mass is 315 g/mol. The van der Waals surface area contributed by atoms with Crippen molar-refractivity contribution in [1.29, 1.82) is 0 Å². The van der Waals surface area contributed by atoms with Crippen molar-refractivity contribution >= 4 is 11.4 Å². The molecule has 2 heterocycles. The van der Waals surface area contributed by atoms with Crippen LogP contribution in [0, 0.1) is 10.1 Å². The van der Waals surface area contributed by atoms with E-state index in [0.717, 1.165) is 12.0 Å². The van der Waals surface area contributed by atoms with Crippen LogP contribution in [0.25, 0.3) is 0 Å². The minimum Gasteiger partial charge on any atom is -0.472 e. The van der Waals surface area contributed by atoms with Crippen LogP contribution < -0.4 is 10.1 Å². The van der Waals surface area contributed by atoms with Crippen molar-refractivity contribution in [1.82, 2.24) is 4.98 Å². The Bertz CT molecular complexity index is 687. The molecule has 23 heavy (non-hydrogen) atoms. The van der Waals surface area contributed by atoms with Crippen molar-refractivity contribution in [2.24, 2.45) is 0 Å². The minimum atomic E-state index is -0.399. The Morgan fingerprint density at radius 2 is 2.26 bits per heavy atom. The number of nitro groups is 1. The Morgan fingerprint density at radius 3 is 3.04 bits per heavy atom. The number of nitro benzene ring substituents is 1. The maximum Gasteiger partial charge on any atom is 0.292 e. The van der Waals surface area contributed by atoms with Gasteiger partial charge in [-0.05, 0) is 17.7 Å². The van der Waals surface area contributed by atoms with Gasteiger partial charge < -0.3 is 14.8 Å². The van der Waals surface area contributed by atoms with Crippen molar-refractivity contribution in [3.8, 4) is 5.88 Å². The summed E-state index contributed by atoms with van der Waals surface area (Å²) in [5.41, 5.74) is 1.48. The Balaban J connectivity index is 1.65. The molecule has 3 rings (SSSR count). The molecule has 0 amide bonds. The summed E-state index contributed by atoms with van der Waals surface area (Å²) >= 11 is 0. The van der Waals surface area contributed by atoms with Gasteiger partial charge in [0.15, 0.2) is 0 Å². The summed E-state index contributed by atoms with van der Waals surface area (Å²) in [4.78, 5) is 14.8. The van der Waals surface area contributed by atoms with E-state index in [2.05, 4.69) is 10.3 Å². The molecule has 2 aromatic rings. The summed E-state index contributed by atoms with van der Waals surface area (Å²) in [6.07, 6.45) is 2.57. The van der Waals surface area contributed by atoms with Crippen molar-refractivity contribution in [3.05, 3.63) is 58.3 Å².